The first-order chi connectivity index (χ1) is 7.24. The van der Waals surface area contributed by atoms with E-state index in [-0.39, 0.29) is 0 Å². The summed E-state index contributed by atoms with van der Waals surface area (Å²) in [7, 11) is -1.40. The molecule has 0 spiro atoms. The van der Waals surface area contributed by atoms with E-state index >= 15 is 0 Å². The highest BCUT2D eigenvalue weighted by Crippen LogP contribution is 2.14. The largest absolute Gasteiger partial charge is 0.317 e. The lowest BCUT2D eigenvalue weighted by atomic mass is 10.1. The molecule has 0 radical (unpaired) electrons. The Morgan fingerprint density at radius 2 is 1.69 bits per heavy atom. The van der Waals surface area contributed by atoms with Crippen LogP contribution in [0.5, 0.6) is 0 Å². The van der Waals surface area contributed by atoms with Gasteiger partial charge in [-0.1, -0.05) is 0 Å². The number of nitrogens with zero attached hydrogens (tertiary/aromatic N) is 1. The zero-order valence-electron chi connectivity index (χ0n) is 10.6. The standard InChI is InChI=1S/C10H23N3O2S/c1-10(2,3)12-16(14,15)13-7-5-9(11-4)6-8-13/h9,11-12H,5-8H2,1-4H3. The van der Waals surface area contributed by atoms with Crippen LogP contribution in [0.4, 0.5) is 0 Å². The van der Waals surface area contributed by atoms with E-state index in [9.17, 15) is 8.42 Å². The topological polar surface area (TPSA) is 61.4 Å². The van der Waals surface area contributed by atoms with Gasteiger partial charge in [-0.3, -0.25) is 0 Å². The summed E-state index contributed by atoms with van der Waals surface area (Å²) in [6, 6.07) is 0.445. The Morgan fingerprint density at radius 3 is 2.06 bits per heavy atom. The van der Waals surface area contributed by atoms with Gasteiger partial charge in [-0.15, -0.1) is 0 Å². The number of piperidine rings is 1. The van der Waals surface area contributed by atoms with Crippen molar-refractivity contribution in [3.8, 4) is 0 Å². The predicted octanol–water partition coefficient (Wildman–Crippen LogP) is 0.303. The Balaban J connectivity index is 2.59. The molecule has 1 aliphatic heterocycles. The minimum Gasteiger partial charge on any atom is -0.317 e. The molecule has 16 heavy (non-hydrogen) atoms. The number of rotatable bonds is 3. The second-order valence-corrected chi connectivity index (χ2v) is 6.99. The van der Waals surface area contributed by atoms with Gasteiger partial charge in [0.05, 0.1) is 0 Å². The van der Waals surface area contributed by atoms with E-state index in [1.807, 2.05) is 27.8 Å². The van der Waals surface area contributed by atoms with Crippen LogP contribution in [-0.2, 0) is 10.2 Å². The highest BCUT2D eigenvalue weighted by Gasteiger charge is 2.30. The zero-order valence-corrected chi connectivity index (χ0v) is 11.4. The molecule has 2 N–H and O–H groups in total. The van der Waals surface area contributed by atoms with Crippen LogP contribution in [0, 0.1) is 0 Å². The molecule has 0 amide bonds. The lowest BCUT2D eigenvalue weighted by molar-refractivity contribution is 0.291. The normalized spacial score (nSPS) is 21.2. The van der Waals surface area contributed by atoms with Gasteiger partial charge in [0.25, 0.3) is 10.2 Å². The third-order valence-corrected chi connectivity index (χ3v) is 4.55. The van der Waals surface area contributed by atoms with Crippen molar-refractivity contribution in [1.82, 2.24) is 14.3 Å². The molecule has 0 aromatic carbocycles. The van der Waals surface area contributed by atoms with Gasteiger partial charge < -0.3 is 5.32 Å². The van der Waals surface area contributed by atoms with Gasteiger partial charge in [0, 0.05) is 24.7 Å². The van der Waals surface area contributed by atoms with E-state index in [4.69, 9.17) is 0 Å². The zero-order chi connectivity index (χ0) is 12.4. The molecule has 0 bridgehead atoms. The van der Waals surface area contributed by atoms with E-state index in [0.717, 1.165) is 12.8 Å². The lowest BCUT2D eigenvalue weighted by Crippen LogP contribution is -2.52. The summed E-state index contributed by atoms with van der Waals surface area (Å²) in [4.78, 5) is 0. The molecule has 1 aliphatic rings. The Morgan fingerprint density at radius 1 is 1.19 bits per heavy atom. The molecule has 0 aromatic rings. The molecular weight excluding hydrogens is 226 g/mol. The van der Waals surface area contributed by atoms with E-state index in [2.05, 4.69) is 10.0 Å². The number of hydrogen-bond acceptors (Lipinski definition) is 3. The maximum atomic E-state index is 12.0. The summed E-state index contributed by atoms with van der Waals surface area (Å²) in [5.74, 6) is 0. The third-order valence-electron chi connectivity index (χ3n) is 2.64. The Hall–Kier alpha value is -0.170. The third kappa shape index (κ3) is 4.01. The average Bonchev–Trinajstić information content (AvgIpc) is 2.14. The van der Waals surface area contributed by atoms with Crippen molar-refractivity contribution < 1.29 is 8.42 Å². The van der Waals surface area contributed by atoms with Crippen LogP contribution < -0.4 is 10.0 Å². The van der Waals surface area contributed by atoms with Crippen LogP contribution in [0.2, 0.25) is 0 Å². The monoisotopic (exact) mass is 249 g/mol. The van der Waals surface area contributed by atoms with E-state index in [0.29, 0.717) is 19.1 Å². The quantitative estimate of drug-likeness (QED) is 0.756. The Kier molecular flexibility index (Phi) is 4.34. The number of nitrogens with one attached hydrogen (secondary N) is 2. The second-order valence-electron chi connectivity index (χ2n) is 5.32. The van der Waals surface area contributed by atoms with Crippen molar-refractivity contribution in [2.24, 2.45) is 0 Å². The fourth-order valence-corrected chi connectivity index (χ4v) is 3.43. The van der Waals surface area contributed by atoms with Gasteiger partial charge >= 0.3 is 0 Å². The average molecular weight is 249 g/mol. The first-order valence-corrected chi connectivity index (χ1v) is 7.15. The summed E-state index contributed by atoms with van der Waals surface area (Å²) in [6.45, 7) is 6.74. The molecule has 5 nitrogen and oxygen atoms in total. The SMILES string of the molecule is CNC1CCN(S(=O)(=O)NC(C)(C)C)CC1. The first kappa shape index (κ1) is 13.9. The summed E-state index contributed by atoms with van der Waals surface area (Å²) >= 11 is 0. The van der Waals surface area contributed by atoms with Crippen molar-refractivity contribution in [3.63, 3.8) is 0 Å². The second kappa shape index (κ2) is 5.00. The van der Waals surface area contributed by atoms with Crippen LogP contribution >= 0.6 is 0 Å². The van der Waals surface area contributed by atoms with Crippen LogP contribution in [0.3, 0.4) is 0 Å². The van der Waals surface area contributed by atoms with Gasteiger partial charge in [-0.2, -0.15) is 17.4 Å². The first-order valence-electron chi connectivity index (χ1n) is 5.71. The molecule has 0 aromatic heterocycles. The Bertz CT molecular complexity index is 313. The maximum absolute atomic E-state index is 12.0. The molecule has 0 aliphatic carbocycles. The molecule has 1 saturated heterocycles. The molecule has 1 heterocycles. The predicted molar refractivity (Wildman–Crippen MR) is 65.5 cm³/mol. The smallest absolute Gasteiger partial charge is 0.279 e. The highest BCUT2D eigenvalue weighted by atomic mass is 32.2. The van der Waals surface area contributed by atoms with Crippen LogP contribution in [0.25, 0.3) is 0 Å². The minimum absolute atomic E-state index is 0.418. The summed E-state index contributed by atoms with van der Waals surface area (Å²) in [5, 5.41) is 3.18. The highest BCUT2D eigenvalue weighted by molar-refractivity contribution is 7.87. The van der Waals surface area contributed by atoms with Gasteiger partial charge in [-0.25, -0.2) is 0 Å². The summed E-state index contributed by atoms with van der Waals surface area (Å²) in [5.41, 5.74) is -0.418. The molecule has 1 rings (SSSR count). The van der Waals surface area contributed by atoms with Crippen LogP contribution in [-0.4, -0.2) is 44.4 Å². The minimum atomic E-state index is -3.32. The lowest BCUT2D eigenvalue weighted by Gasteiger charge is -2.33. The van der Waals surface area contributed by atoms with Gasteiger partial charge in [0.2, 0.25) is 0 Å². The van der Waals surface area contributed by atoms with E-state index in [1.165, 1.54) is 4.31 Å². The van der Waals surface area contributed by atoms with Gasteiger partial charge in [0.1, 0.15) is 0 Å². The van der Waals surface area contributed by atoms with Crippen molar-refractivity contribution in [3.05, 3.63) is 0 Å². The van der Waals surface area contributed by atoms with Crippen molar-refractivity contribution >= 4 is 10.2 Å². The molecular formula is C10H23N3O2S. The summed E-state index contributed by atoms with van der Waals surface area (Å²) in [6.07, 6.45) is 1.75. The fraction of sp³-hybridized carbons (Fsp3) is 1.00. The number of hydrogen-bond donors (Lipinski definition) is 2. The molecule has 96 valence electrons. The van der Waals surface area contributed by atoms with Crippen molar-refractivity contribution in [2.75, 3.05) is 20.1 Å². The maximum Gasteiger partial charge on any atom is 0.279 e. The van der Waals surface area contributed by atoms with Crippen LogP contribution in [0.1, 0.15) is 33.6 Å². The molecule has 0 unspecified atom stereocenters. The molecule has 6 heteroatoms. The van der Waals surface area contributed by atoms with E-state index in [1.54, 1.807) is 0 Å². The molecule has 0 atom stereocenters. The Labute approximate surface area is 98.8 Å². The van der Waals surface area contributed by atoms with Crippen molar-refractivity contribution in [1.29, 1.82) is 0 Å². The summed E-state index contributed by atoms with van der Waals surface area (Å²) < 4.78 is 28.2. The van der Waals surface area contributed by atoms with Crippen LogP contribution in [0.15, 0.2) is 0 Å². The fourth-order valence-electron chi connectivity index (χ4n) is 1.84. The van der Waals surface area contributed by atoms with E-state index < -0.39 is 15.7 Å². The van der Waals surface area contributed by atoms with Crippen molar-refractivity contribution in [2.45, 2.75) is 45.2 Å². The van der Waals surface area contributed by atoms with Gasteiger partial charge in [0.15, 0.2) is 0 Å². The van der Waals surface area contributed by atoms with Gasteiger partial charge in [-0.05, 0) is 40.7 Å². The molecule has 0 saturated carbocycles. The molecule has 1 fully saturated rings.